The van der Waals surface area contributed by atoms with Crippen LogP contribution in [0.25, 0.3) is 0 Å². The van der Waals surface area contributed by atoms with E-state index in [4.69, 9.17) is 18.8 Å². The number of benzene rings is 1. The maximum atomic E-state index is 10.9. The van der Waals surface area contributed by atoms with Crippen LogP contribution in [-0.2, 0) is 26.0 Å². The van der Waals surface area contributed by atoms with Crippen LogP contribution in [0, 0.1) is 0 Å². The predicted octanol–water partition coefficient (Wildman–Crippen LogP) is 1.35. The number of ether oxygens (including phenoxy) is 3. The van der Waals surface area contributed by atoms with Gasteiger partial charge in [-0.15, -0.1) is 0 Å². The fourth-order valence-electron chi connectivity index (χ4n) is 2.70. The molecule has 1 atom stereocenters. The molecule has 0 amide bonds. The summed E-state index contributed by atoms with van der Waals surface area (Å²) in [5.41, 5.74) is 1.30. The van der Waals surface area contributed by atoms with E-state index < -0.39 is 22.2 Å². The number of unbranched alkanes of at least 4 members (excludes halogenated alkanes) is 5. The van der Waals surface area contributed by atoms with Crippen molar-refractivity contribution in [2.45, 2.75) is 65.1 Å². The molecule has 0 saturated carbocycles. The van der Waals surface area contributed by atoms with Crippen molar-refractivity contribution in [2.24, 2.45) is 0 Å². The molecule has 0 aliphatic heterocycles. The standard InChI is InChI=1S/C20H34O6S.Na.H/c1-3-5-6-7-8-9-10-18-11-13-19(14-12-18)25-15-16-26-20(24-4-2)17-27(21,22)23;;/h11-14,20H,3-10,15-17H2,1-2H3,(H,21,22,23);;/q;+1;-1. The molecule has 8 heteroatoms. The summed E-state index contributed by atoms with van der Waals surface area (Å²) in [6.07, 6.45) is 7.84. The first-order chi connectivity index (χ1) is 12.9. The Bertz CT molecular complexity index is 597. The van der Waals surface area contributed by atoms with Crippen molar-refractivity contribution in [3.8, 4) is 5.75 Å². The average molecular weight is 427 g/mol. The molecule has 1 N–H and O–H groups in total. The van der Waals surface area contributed by atoms with Crippen LogP contribution < -0.4 is 34.3 Å². The molecular formula is C20H35NaO6S. The van der Waals surface area contributed by atoms with Crippen molar-refractivity contribution in [1.29, 1.82) is 0 Å². The van der Waals surface area contributed by atoms with E-state index in [1.165, 1.54) is 44.1 Å². The topological polar surface area (TPSA) is 82.1 Å². The molecule has 0 saturated heterocycles. The molecule has 0 aliphatic carbocycles. The van der Waals surface area contributed by atoms with Gasteiger partial charge in [0.15, 0.2) is 6.29 Å². The molecule has 158 valence electrons. The zero-order chi connectivity index (χ0) is 20.0. The number of rotatable bonds is 16. The molecule has 1 rings (SSSR count). The Kier molecular flexibility index (Phi) is 16.5. The molecule has 1 aromatic rings. The Morgan fingerprint density at radius 2 is 1.61 bits per heavy atom. The molecular weight excluding hydrogens is 391 g/mol. The molecule has 0 bridgehead atoms. The Balaban J connectivity index is 0. The van der Waals surface area contributed by atoms with Crippen molar-refractivity contribution in [3.63, 3.8) is 0 Å². The van der Waals surface area contributed by atoms with Crippen LogP contribution in [0.15, 0.2) is 24.3 Å². The van der Waals surface area contributed by atoms with Crippen LogP contribution in [0.5, 0.6) is 5.75 Å². The first kappa shape index (κ1) is 27.8. The van der Waals surface area contributed by atoms with E-state index in [-0.39, 0.29) is 44.2 Å². The summed E-state index contributed by atoms with van der Waals surface area (Å²) in [5.74, 6) is 0.154. The minimum atomic E-state index is -4.15. The van der Waals surface area contributed by atoms with Gasteiger partial charge in [0.05, 0.1) is 6.61 Å². The smallest absolute Gasteiger partial charge is 1.00 e. The molecule has 1 aromatic carbocycles. The van der Waals surface area contributed by atoms with Crippen LogP contribution in [0.4, 0.5) is 0 Å². The van der Waals surface area contributed by atoms with Crippen LogP contribution in [0.1, 0.15) is 59.4 Å². The largest absolute Gasteiger partial charge is 1.00 e. The number of hydrogen-bond acceptors (Lipinski definition) is 5. The van der Waals surface area contributed by atoms with E-state index in [1.807, 2.05) is 12.1 Å². The van der Waals surface area contributed by atoms with Gasteiger partial charge in [-0.3, -0.25) is 4.55 Å². The Morgan fingerprint density at radius 3 is 2.21 bits per heavy atom. The Hall–Kier alpha value is -0.150. The Morgan fingerprint density at radius 1 is 0.964 bits per heavy atom. The van der Waals surface area contributed by atoms with Crippen molar-refractivity contribution >= 4 is 10.1 Å². The third-order valence-corrected chi connectivity index (χ3v) is 4.79. The first-order valence-corrected chi connectivity index (χ1v) is 11.5. The van der Waals surface area contributed by atoms with Crippen LogP contribution in [0.2, 0.25) is 0 Å². The van der Waals surface area contributed by atoms with Gasteiger partial charge in [0.1, 0.15) is 18.1 Å². The van der Waals surface area contributed by atoms with E-state index in [0.29, 0.717) is 6.61 Å². The van der Waals surface area contributed by atoms with Gasteiger partial charge in [0.2, 0.25) is 0 Å². The molecule has 0 fully saturated rings. The molecule has 28 heavy (non-hydrogen) atoms. The minimum absolute atomic E-state index is 0. The van der Waals surface area contributed by atoms with E-state index in [2.05, 4.69) is 19.1 Å². The van der Waals surface area contributed by atoms with Gasteiger partial charge in [0.25, 0.3) is 10.1 Å². The predicted molar refractivity (Wildman–Crippen MR) is 108 cm³/mol. The molecule has 0 heterocycles. The maximum Gasteiger partial charge on any atom is 1.00 e. The van der Waals surface area contributed by atoms with Gasteiger partial charge < -0.3 is 15.6 Å². The van der Waals surface area contributed by atoms with Gasteiger partial charge in [0, 0.05) is 6.61 Å². The fraction of sp³-hybridized carbons (Fsp3) is 0.700. The molecule has 0 aromatic heterocycles. The summed E-state index contributed by atoms with van der Waals surface area (Å²) in [6, 6.07) is 8.02. The van der Waals surface area contributed by atoms with Gasteiger partial charge in [-0.1, -0.05) is 51.2 Å². The normalized spacial score (nSPS) is 12.4. The second kappa shape index (κ2) is 16.6. The molecule has 0 spiro atoms. The SMILES string of the molecule is CCCCCCCCc1ccc(OCCOC(CS(=O)(=O)O)OCC)cc1.[H-].[Na+]. The fourth-order valence-corrected chi connectivity index (χ4v) is 3.24. The van der Waals surface area contributed by atoms with Crippen molar-refractivity contribution in [1.82, 2.24) is 0 Å². The zero-order valence-electron chi connectivity index (χ0n) is 18.6. The summed E-state index contributed by atoms with van der Waals surface area (Å²) in [4.78, 5) is 0. The molecule has 6 nitrogen and oxygen atoms in total. The van der Waals surface area contributed by atoms with Crippen molar-refractivity contribution < 1.29 is 58.2 Å². The molecule has 0 radical (unpaired) electrons. The summed E-state index contributed by atoms with van der Waals surface area (Å²) in [7, 11) is -4.15. The van der Waals surface area contributed by atoms with E-state index >= 15 is 0 Å². The Labute approximate surface area is 193 Å². The second-order valence-electron chi connectivity index (χ2n) is 6.51. The van der Waals surface area contributed by atoms with Gasteiger partial charge in [-0.05, 0) is 37.5 Å². The summed E-state index contributed by atoms with van der Waals surface area (Å²) in [6.45, 7) is 4.68. The molecule has 1 unspecified atom stereocenters. The second-order valence-corrected chi connectivity index (χ2v) is 8.01. The minimum Gasteiger partial charge on any atom is -1.00 e. The maximum absolute atomic E-state index is 10.9. The monoisotopic (exact) mass is 426 g/mol. The summed E-state index contributed by atoms with van der Waals surface area (Å²) in [5, 5.41) is 0. The van der Waals surface area contributed by atoms with Gasteiger partial charge >= 0.3 is 29.6 Å². The quantitative estimate of drug-likeness (QED) is 0.186. The zero-order valence-corrected chi connectivity index (χ0v) is 20.4. The van der Waals surface area contributed by atoms with Crippen molar-refractivity contribution in [3.05, 3.63) is 29.8 Å². The van der Waals surface area contributed by atoms with E-state index in [9.17, 15) is 8.42 Å². The molecule has 0 aliphatic rings. The summed E-state index contributed by atoms with van der Waals surface area (Å²) >= 11 is 0. The van der Waals surface area contributed by atoms with Crippen LogP contribution in [-0.4, -0.2) is 44.8 Å². The van der Waals surface area contributed by atoms with Gasteiger partial charge in [-0.2, -0.15) is 8.42 Å². The average Bonchev–Trinajstić information content (AvgIpc) is 2.61. The van der Waals surface area contributed by atoms with E-state index in [1.54, 1.807) is 6.92 Å². The van der Waals surface area contributed by atoms with E-state index in [0.717, 1.165) is 12.2 Å². The third-order valence-electron chi connectivity index (χ3n) is 4.10. The van der Waals surface area contributed by atoms with Crippen molar-refractivity contribution in [2.75, 3.05) is 25.6 Å². The first-order valence-electron chi connectivity index (χ1n) is 9.84. The van der Waals surface area contributed by atoms with Crippen LogP contribution >= 0.6 is 0 Å². The number of aryl methyl sites for hydroxylation is 1. The van der Waals surface area contributed by atoms with Crippen LogP contribution in [0.3, 0.4) is 0 Å². The number of hydrogen-bond donors (Lipinski definition) is 1. The third kappa shape index (κ3) is 14.8. The summed E-state index contributed by atoms with van der Waals surface area (Å²) < 4.78 is 46.7. The van der Waals surface area contributed by atoms with Gasteiger partial charge in [-0.25, -0.2) is 0 Å².